The summed E-state index contributed by atoms with van der Waals surface area (Å²) in [5, 5.41) is 2.50. The first-order valence-corrected chi connectivity index (χ1v) is 8.01. The number of amides is 1. The predicted octanol–water partition coefficient (Wildman–Crippen LogP) is 0.173. The molecule has 0 aliphatic carbocycles. The Morgan fingerprint density at radius 1 is 1.32 bits per heavy atom. The maximum Gasteiger partial charge on any atom is 0.321 e. The highest BCUT2D eigenvalue weighted by molar-refractivity contribution is 7.89. The Balaban J connectivity index is 2.45. The molecule has 1 aromatic rings. The lowest BCUT2D eigenvalue weighted by atomic mass is 10.4. The van der Waals surface area contributed by atoms with Crippen LogP contribution in [0, 0.1) is 5.82 Å². The second-order valence-corrected chi connectivity index (χ2v) is 6.06. The zero-order valence-electron chi connectivity index (χ0n) is 12.0. The molecule has 0 fully saturated rings. The SMILES string of the molecule is CCCNC(=O)COC(=O)CNS(=O)(=O)c1cccc(F)c1. The summed E-state index contributed by atoms with van der Waals surface area (Å²) >= 11 is 0. The van der Waals surface area contributed by atoms with Crippen molar-refractivity contribution in [1.82, 2.24) is 10.0 Å². The average molecular weight is 332 g/mol. The van der Waals surface area contributed by atoms with Crippen molar-refractivity contribution in [2.24, 2.45) is 0 Å². The van der Waals surface area contributed by atoms with Crippen molar-refractivity contribution in [3.05, 3.63) is 30.1 Å². The van der Waals surface area contributed by atoms with Gasteiger partial charge in [0.15, 0.2) is 6.61 Å². The van der Waals surface area contributed by atoms with E-state index >= 15 is 0 Å². The summed E-state index contributed by atoms with van der Waals surface area (Å²) in [6.07, 6.45) is 0.743. The number of ether oxygens (including phenoxy) is 1. The van der Waals surface area contributed by atoms with E-state index in [1.807, 2.05) is 11.6 Å². The van der Waals surface area contributed by atoms with Crippen LogP contribution in [0.2, 0.25) is 0 Å². The van der Waals surface area contributed by atoms with Crippen LogP contribution in [0.3, 0.4) is 0 Å². The molecule has 0 heterocycles. The number of carbonyl (C=O) groups excluding carboxylic acids is 2. The van der Waals surface area contributed by atoms with Crippen LogP contribution in [0.4, 0.5) is 4.39 Å². The minimum Gasteiger partial charge on any atom is -0.455 e. The van der Waals surface area contributed by atoms with Gasteiger partial charge in [0.25, 0.3) is 5.91 Å². The van der Waals surface area contributed by atoms with E-state index < -0.39 is 40.9 Å². The standard InChI is InChI=1S/C13H17FN2O5S/c1-2-6-15-12(17)9-21-13(18)8-16-22(19,20)11-5-3-4-10(14)7-11/h3-5,7,16H,2,6,8-9H2,1H3,(H,15,17). The van der Waals surface area contributed by atoms with Crippen LogP contribution in [-0.2, 0) is 24.3 Å². The molecule has 0 aliphatic rings. The predicted molar refractivity (Wildman–Crippen MR) is 75.8 cm³/mol. The van der Waals surface area contributed by atoms with Crippen molar-refractivity contribution in [2.45, 2.75) is 18.2 Å². The molecule has 1 rings (SSSR count). The van der Waals surface area contributed by atoms with Crippen molar-refractivity contribution in [3.63, 3.8) is 0 Å². The Hall–Kier alpha value is -2.00. The monoisotopic (exact) mass is 332 g/mol. The molecule has 0 radical (unpaired) electrons. The molecule has 22 heavy (non-hydrogen) atoms. The van der Waals surface area contributed by atoms with Gasteiger partial charge < -0.3 is 10.1 Å². The number of carbonyl (C=O) groups is 2. The smallest absolute Gasteiger partial charge is 0.321 e. The quantitative estimate of drug-likeness (QED) is 0.661. The highest BCUT2D eigenvalue weighted by atomic mass is 32.2. The maximum absolute atomic E-state index is 13.0. The Morgan fingerprint density at radius 2 is 2.05 bits per heavy atom. The van der Waals surface area contributed by atoms with Crippen molar-refractivity contribution in [1.29, 1.82) is 0 Å². The van der Waals surface area contributed by atoms with Crippen LogP contribution in [0.15, 0.2) is 29.2 Å². The number of rotatable bonds is 8. The lowest BCUT2D eigenvalue weighted by Crippen LogP contribution is -2.34. The van der Waals surface area contributed by atoms with Crippen molar-refractivity contribution in [3.8, 4) is 0 Å². The van der Waals surface area contributed by atoms with Gasteiger partial charge in [-0.1, -0.05) is 13.0 Å². The lowest BCUT2D eigenvalue weighted by molar-refractivity contribution is -0.147. The van der Waals surface area contributed by atoms with E-state index in [2.05, 4.69) is 10.1 Å². The molecule has 0 atom stereocenters. The average Bonchev–Trinajstić information content (AvgIpc) is 2.49. The van der Waals surface area contributed by atoms with Crippen LogP contribution < -0.4 is 10.0 Å². The molecule has 9 heteroatoms. The molecule has 122 valence electrons. The Morgan fingerprint density at radius 3 is 2.68 bits per heavy atom. The van der Waals surface area contributed by atoms with Crippen molar-refractivity contribution in [2.75, 3.05) is 19.7 Å². The molecule has 0 saturated heterocycles. The number of esters is 1. The van der Waals surface area contributed by atoms with E-state index in [4.69, 9.17) is 0 Å². The topological polar surface area (TPSA) is 102 Å². The van der Waals surface area contributed by atoms with E-state index in [-0.39, 0.29) is 4.90 Å². The van der Waals surface area contributed by atoms with Gasteiger partial charge in [-0.05, 0) is 24.6 Å². The van der Waals surface area contributed by atoms with E-state index in [0.717, 1.165) is 18.6 Å². The third kappa shape index (κ3) is 6.19. The minimum atomic E-state index is -4.02. The van der Waals surface area contributed by atoms with Crippen LogP contribution in [-0.4, -0.2) is 40.0 Å². The number of sulfonamides is 1. The molecule has 0 spiro atoms. The minimum absolute atomic E-state index is 0.305. The van der Waals surface area contributed by atoms with Gasteiger partial charge in [0.2, 0.25) is 10.0 Å². The van der Waals surface area contributed by atoms with Gasteiger partial charge in [-0.15, -0.1) is 0 Å². The molecule has 0 saturated carbocycles. The fourth-order valence-corrected chi connectivity index (χ4v) is 2.38. The number of nitrogens with one attached hydrogen (secondary N) is 2. The van der Waals surface area contributed by atoms with Crippen LogP contribution in [0.25, 0.3) is 0 Å². The third-order valence-electron chi connectivity index (χ3n) is 2.45. The number of hydrogen-bond acceptors (Lipinski definition) is 5. The molecule has 2 N–H and O–H groups in total. The van der Waals surface area contributed by atoms with E-state index in [1.165, 1.54) is 12.1 Å². The van der Waals surface area contributed by atoms with E-state index in [1.54, 1.807) is 0 Å². The summed E-state index contributed by atoms with van der Waals surface area (Å²) in [6.45, 7) is 1.19. The first-order chi connectivity index (χ1) is 10.3. The molecule has 7 nitrogen and oxygen atoms in total. The number of halogens is 1. The molecule has 1 aromatic carbocycles. The van der Waals surface area contributed by atoms with E-state index in [9.17, 15) is 22.4 Å². The van der Waals surface area contributed by atoms with Crippen LogP contribution in [0.5, 0.6) is 0 Å². The highest BCUT2D eigenvalue weighted by Gasteiger charge is 2.17. The molecule has 0 aliphatic heterocycles. The van der Waals surface area contributed by atoms with Gasteiger partial charge in [0.1, 0.15) is 12.4 Å². The zero-order chi connectivity index (χ0) is 16.6. The summed E-state index contributed by atoms with van der Waals surface area (Å²) in [4.78, 5) is 22.3. The summed E-state index contributed by atoms with van der Waals surface area (Å²) in [7, 11) is -4.02. The lowest BCUT2D eigenvalue weighted by Gasteiger charge is -2.08. The molecule has 0 unspecified atom stereocenters. The summed E-state index contributed by atoms with van der Waals surface area (Å²) in [5.74, 6) is -2.09. The first kappa shape index (κ1) is 18.1. The van der Waals surface area contributed by atoms with Gasteiger partial charge in [-0.2, -0.15) is 4.72 Å². The molecular formula is C13H17FN2O5S. The molecular weight excluding hydrogens is 315 g/mol. The van der Waals surface area contributed by atoms with E-state index in [0.29, 0.717) is 6.54 Å². The van der Waals surface area contributed by atoms with Crippen molar-refractivity contribution < 1.29 is 27.1 Å². The largest absolute Gasteiger partial charge is 0.455 e. The normalized spacial score (nSPS) is 11.0. The summed E-state index contributed by atoms with van der Waals surface area (Å²) < 4.78 is 43.2. The Kier molecular flexibility index (Phi) is 6.93. The highest BCUT2D eigenvalue weighted by Crippen LogP contribution is 2.09. The zero-order valence-corrected chi connectivity index (χ0v) is 12.8. The molecule has 0 aromatic heterocycles. The van der Waals surface area contributed by atoms with Gasteiger partial charge in [0.05, 0.1) is 4.90 Å². The number of benzene rings is 1. The van der Waals surface area contributed by atoms with Gasteiger partial charge in [-0.3, -0.25) is 9.59 Å². The Labute approximate surface area is 127 Å². The van der Waals surface area contributed by atoms with Gasteiger partial charge >= 0.3 is 5.97 Å². The summed E-state index contributed by atoms with van der Waals surface area (Å²) in [6, 6.07) is 4.35. The van der Waals surface area contributed by atoms with Crippen LogP contribution in [0.1, 0.15) is 13.3 Å². The van der Waals surface area contributed by atoms with Gasteiger partial charge in [0, 0.05) is 6.54 Å². The first-order valence-electron chi connectivity index (χ1n) is 6.52. The fourth-order valence-electron chi connectivity index (χ4n) is 1.38. The van der Waals surface area contributed by atoms with Crippen LogP contribution >= 0.6 is 0 Å². The summed E-state index contributed by atoms with van der Waals surface area (Å²) in [5.41, 5.74) is 0. The van der Waals surface area contributed by atoms with Gasteiger partial charge in [-0.25, -0.2) is 12.8 Å². The Bertz CT molecular complexity index is 633. The molecule has 1 amide bonds. The van der Waals surface area contributed by atoms with Crippen molar-refractivity contribution >= 4 is 21.9 Å². The second-order valence-electron chi connectivity index (χ2n) is 4.29. The maximum atomic E-state index is 13.0. The third-order valence-corrected chi connectivity index (χ3v) is 3.85. The molecule has 0 bridgehead atoms. The fraction of sp³-hybridized carbons (Fsp3) is 0.385. The second kappa shape index (κ2) is 8.44. The number of hydrogen-bond donors (Lipinski definition) is 2.